The Morgan fingerprint density at radius 1 is 0.624 bits per heavy atom. The summed E-state index contributed by atoms with van der Waals surface area (Å²) in [5.41, 5.74) is 28.9. The Bertz CT molecular complexity index is 2500. The summed E-state index contributed by atoms with van der Waals surface area (Å²) in [5, 5.41) is 61.2. The van der Waals surface area contributed by atoms with Crippen molar-refractivity contribution in [2.24, 2.45) is 38.7 Å². The van der Waals surface area contributed by atoms with E-state index in [0.29, 0.717) is 0 Å². The van der Waals surface area contributed by atoms with E-state index in [9.17, 15) is 87.6 Å². The first-order chi connectivity index (χ1) is 39.8. The lowest BCUT2D eigenvalue weighted by Gasteiger charge is -2.29. The van der Waals surface area contributed by atoms with Gasteiger partial charge in [-0.1, -0.05) is 0 Å². The number of aliphatic hydroxyl groups is 2. The van der Waals surface area contributed by atoms with Crippen LogP contribution in [0.5, 0.6) is 0 Å². The number of rotatable bonds is 43. The Kier molecular flexibility index (Phi) is 33.5. The molecule has 0 saturated carbocycles. The number of carboxylic acid groups (broad SMARTS) is 3. The molecule has 6 amide bonds. The third-order valence-corrected chi connectivity index (χ3v) is 14.8. The minimum absolute atomic E-state index is 0.0196. The molecule has 1 aliphatic heterocycles. The van der Waals surface area contributed by atoms with Crippen molar-refractivity contribution in [3.05, 3.63) is 11.5 Å². The number of hydroxylamine groups is 1. The van der Waals surface area contributed by atoms with Gasteiger partial charge in [0.15, 0.2) is 23.8 Å². The molecule has 1 rings (SSSR count). The molecule has 85 heavy (non-hydrogen) atoms. The topological polar surface area (TPSA) is 593 Å². The summed E-state index contributed by atoms with van der Waals surface area (Å²) in [6.45, 7) is -1.08. The number of aliphatic hydroxyl groups excluding tert-OH is 2. The maximum atomic E-state index is 14.1. The van der Waals surface area contributed by atoms with Gasteiger partial charge in [0.05, 0.1) is 19.4 Å². The van der Waals surface area contributed by atoms with Crippen LogP contribution in [0.25, 0.3) is 0 Å². The zero-order valence-corrected chi connectivity index (χ0v) is 49.1. The highest BCUT2D eigenvalue weighted by Gasteiger charge is 2.47. The first-order valence-electron chi connectivity index (χ1n) is 25.9. The second-order valence-electron chi connectivity index (χ2n) is 18.9. The first kappa shape index (κ1) is 75.0. The predicted molar refractivity (Wildman–Crippen MR) is 297 cm³/mol. The SMILES string of the molecule is CSCCC(NC(=O)C(CCC(=O)O)NC(=O)C(CCC(=O)O)NOC(=O)CCC(=O)OC(CO)C1OC(=O)C(OP(=O)(N(C)C)N(C)C)=C1O)C(=O)NC(CCC(N)=O)C(=O)NC(CCCN=C(N)N)C(=O)NC(CCCN=C(N)N)C(=O)O. The van der Waals surface area contributed by atoms with E-state index >= 15 is 0 Å². The predicted octanol–water partition coefficient (Wildman–Crippen LogP) is -5.61. The number of carbonyl (C=O) groups is 12. The molecule has 0 aromatic carbocycles. The van der Waals surface area contributed by atoms with Crippen LogP contribution < -0.4 is 60.7 Å². The number of primary amides is 1. The van der Waals surface area contributed by atoms with Gasteiger partial charge in [-0.2, -0.15) is 11.8 Å². The number of carboxylic acids is 3. The van der Waals surface area contributed by atoms with Crippen molar-refractivity contribution in [3.63, 3.8) is 0 Å². The van der Waals surface area contributed by atoms with Crippen LogP contribution in [0.15, 0.2) is 21.5 Å². The number of esters is 2. The van der Waals surface area contributed by atoms with Crippen LogP contribution in [0.3, 0.4) is 0 Å². The highest BCUT2D eigenvalue weighted by Crippen LogP contribution is 2.53. The molecule has 8 atom stereocenters. The van der Waals surface area contributed by atoms with E-state index in [1.807, 2.05) is 5.48 Å². The molecule has 0 radical (unpaired) electrons. The van der Waals surface area contributed by atoms with Crippen LogP contribution in [-0.4, -0.2) is 226 Å². The highest BCUT2D eigenvalue weighted by molar-refractivity contribution is 7.98. The average Bonchev–Trinajstić information content (AvgIpc) is 2.79. The Balaban J connectivity index is 3.37. The summed E-state index contributed by atoms with van der Waals surface area (Å²) >= 11 is 1.20. The Morgan fingerprint density at radius 2 is 1.04 bits per heavy atom. The number of guanidine groups is 2. The second-order valence-corrected chi connectivity index (χ2v) is 22.6. The van der Waals surface area contributed by atoms with Crippen molar-refractivity contribution in [2.45, 2.75) is 132 Å². The minimum Gasteiger partial charge on any atom is -0.505 e. The lowest BCUT2D eigenvalue weighted by Crippen LogP contribution is -2.59. The molecule has 0 aromatic heterocycles. The quantitative estimate of drug-likeness (QED) is 0.00515. The molecule has 0 aliphatic carbocycles. The number of carbonyl (C=O) groups excluding carboxylic acids is 9. The summed E-state index contributed by atoms with van der Waals surface area (Å²) < 4.78 is 31.0. The Labute approximate surface area is 491 Å². The molecule has 37 nitrogen and oxygen atoms in total. The van der Waals surface area contributed by atoms with E-state index in [1.54, 1.807) is 6.26 Å². The largest absolute Gasteiger partial charge is 0.505 e. The van der Waals surface area contributed by atoms with E-state index in [-0.39, 0.29) is 62.9 Å². The number of aliphatic imine (C=N–C) groups is 2. The number of cyclic esters (lactones) is 1. The fourth-order valence-electron chi connectivity index (χ4n) is 7.25. The molecule has 21 N–H and O–H groups in total. The Hall–Kier alpha value is -8.06. The smallest absolute Gasteiger partial charge is 0.395 e. The molecule has 0 saturated heterocycles. The van der Waals surface area contributed by atoms with E-state index in [4.69, 9.17) is 47.5 Å². The van der Waals surface area contributed by atoms with Crippen molar-refractivity contribution in [2.75, 3.05) is 59.9 Å². The zero-order chi connectivity index (χ0) is 64.7. The van der Waals surface area contributed by atoms with Gasteiger partial charge in [0.2, 0.25) is 41.5 Å². The van der Waals surface area contributed by atoms with Crippen LogP contribution in [0.4, 0.5) is 0 Å². The van der Waals surface area contributed by atoms with Gasteiger partial charge >= 0.3 is 43.5 Å². The van der Waals surface area contributed by atoms with Gasteiger partial charge in [0, 0.05) is 32.4 Å². The summed E-state index contributed by atoms with van der Waals surface area (Å²) in [6, 6.07) is -9.87. The normalized spacial score (nSPS) is 15.5. The number of ether oxygens (including phenoxy) is 2. The van der Waals surface area contributed by atoms with E-state index < -0.39 is 197 Å². The van der Waals surface area contributed by atoms with Gasteiger partial charge in [0.1, 0.15) is 36.3 Å². The van der Waals surface area contributed by atoms with Crippen LogP contribution in [0.2, 0.25) is 0 Å². The number of hydrogen-bond donors (Lipinski definition) is 16. The van der Waals surface area contributed by atoms with E-state index in [0.717, 1.165) is 9.34 Å². The van der Waals surface area contributed by atoms with Gasteiger partial charge in [-0.3, -0.25) is 57.9 Å². The summed E-state index contributed by atoms with van der Waals surface area (Å²) in [7, 11) is 1.52. The lowest BCUT2D eigenvalue weighted by atomic mass is 10.0. The van der Waals surface area contributed by atoms with Crippen LogP contribution in [-0.2, 0) is 80.9 Å². The summed E-state index contributed by atoms with van der Waals surface area (Å²) in [6.07, 6.45) is -7.85. The molecule has 0 fully saturated rings. The first-order valence-corrected chi connectivity index (χ1v) is 28.8. The molecule has 8 unspecified atom stereocenters. The molecule has 0 bridgehead atoms. The van der Waals surface area contributed by atoms with Gasteiger partial charge in [-0.25, -0.2) is 23.5 Å². The van der Waals surface area contributed by atoms with Crippen LogP contribution in [0, 0.1) is 0 Å². The number of amides is 6. The fraction of sp³-hybridized carbons (Fsp3) is 0.652. The molecular formula is C46H78N15O22PS. The fourth-order valence-corrected chi connectivity index (χ4v) is 9.17. The monoisotopic (exact) mass is 1260 g/mol. The van der Waals surface area contributed by atoms with Gasteiger partial charge in [0.25, 0.3) is 5.76 Å². The molecular weight excluding hydrogens is 1180 g/mol. The molecule has 0 spiro atoms. The molecule has 1 aliphatic rings. The van der Waals surface area contributed by atoms with Crippen molar-refractivity contribution >= 4 is 103 Å². The number of aliphatic carboxylic acids is 3. The van der Waals surface area contributed by atoms with Gasteiger partial charge in [-0.05, 0) is 91.6 Å². The van der Waals surface area contributed by atoms with E-state index in [1.165, 1.54) is 40.0 Å². The number of thioether (sulfide) groups is 1. The lowest BCUT2D eigenvalue weighted by molar-refractivity contribution is -0.167. The molecule has 39 heteroatoms. The number of nitrogens with one attached hydrogen (secondary N) is 6. The number of nitrogens with two attached hydrogens (primary N) is 5. The molecule has 0 aromatic rings. The van der Waals surface area contributed by atoms with Crippen molar-refractivity contribution in [3.8, 4) is 0 Å². The molecule has 480 valence electrons. The maximum absolute atomic E-state index is 14.1. The summed E-state index contributed by atoms with van der Waals surface area (Å²) in [5.74, 6) is -16.9. The zero-order valence-electron chi connectivity index (χ0n) is 47.3. The van der Waals surface area contributed by atoms with Crippen molar-refractivity contribution in [1.82, 2.24) is 41.4 Å². The van der Waals surface area contributed by atoms with Gasteiger partial charge < -0.3 is 99.6 Å². The standard InChI is InChI=1S/C46H78N15O22PS/c1-60(2)84(79,61(3)4)83-37-35(70)36(81-44(37)78)29(22-62)80-33(68)16-17-34(69)82-59-27(12-15-32(66)67)42(75)56-25(11-14-31(64)65)40(73)57-26(18-21-85-5)41(74)55-24(10-13-30(47)63)39(72)54-23(8-6-19-52-45(48)49)38(71)58-28(43(76)77)9-7-20-53-46(50)51/h23-29,36,59,62,70H,6-22H2,1-5H3,(H2,47,63)(H,54,72)(H,55,74)(H,56,75)(H,57,73)(H,58,71)(H,64,65)(H,66,67)(H,76,77)(H4,48,49,52)(H4,50,51,53). The van der Waals surface area contributed by atoms with Crippen LogP contribution >= 0.6 is 19.4 Å². The van der Waals surface area contributed by atoms with Gasteiger partial charge in [-0.15, -0.1) is 5.48 Å². The third kappa shape index (κ3) is 27.9. The Morgan fingerprint density at radius 3 is 1.46 bits per heavy atom. The average molecular weight is 1260 g/mol. The molecule has 1 heterocycles. The van der Waals surface area contributed by atoms with E-state index in [2.05, 4.69) is 36.6 Å². The second kappa shape index (κ2) is 38.0. The highest BCUT2D eigenvalue weighted by atomic mass is 32.2. The summed E-state index contributed by atoms with van der Waals surface area (Å²) in [4.78, 5) is 167. The third-order valence-electron chi connectivity index (χ3n) is 11.7. The van der Waals surface area contributed by atoms with Crippen molar-refractivity contribution in [1.29, 1.82) is 0 Å². The number of nitrogens with zero attached hydrogens (tertiary/aromatic N) is 4. The number of hydrogen-bond acceptors (Lipinski definition) is 23. The minimum atomic E-state index is -3.93. The van der Waals surface area contributed by atoms with Crippen LogP contribution in [0.1, 0.15) is 83.5 Å². The maximum Gasteiger partial charge on any atom is 0.395 e. The van der Waals surface area contributed by atoms with Crippen molar-refractivity contribution < 1.29 is 106 Å².